The van der Waals surface area contributed by atoms with Crippen molar-refractivity contribution >= 4 is 17.5 Å². The smallest absolute Gasteiger partial charge is 0.253 e. The van der Waals surface area contributed by atoms with Gasteiger partial charge >= 0.3 is 0 Å². The summed E-state index contributed by atoms with van der Waals surface area (Å²) in [5.41, 5.74) is 4.32. The van der Waals surface area contributed by atoms with Crippen LogP contribution in [0, 0.1) is 5.92 Å². The van der Waals surface area contributed by atoms with E-state index in [0.29, 0.717) is 6.42 Å². The molecule has 6 heteroatoms. The Morgan fingerprint density at radius 1 is 1.03 bits per heavy atom. The van der Waals surface area contributed by atoms with Crippen molar-refractivity contribution in [3.63, 3.8) is 0 Å². The fraction of sp³-hybridized carbons (Fsp3) is 0.552. The van der Waals surface area contributed by atoms with Crippen LogP contribution >= 0.6 is 0 Å². The minimum Gasteiger partial charge on any atom is -0.371 e. The number of amides is 2. The number of carbonyl (C=O) groups excluding carboxylic acids is 2. The lowest BCUT2D eigenvalue weighted by atomic mass is 9.99. The third-order valence-electron chi connectivity index (χ3n) is 8.42. The summed E-state index contributed by atoms with van der Waals surface area (Å²) in [6.45, 7) is 1.87. The molecule has 1 aromatic heterocycles. The largest absolute Gasteiger partial charge is 0.371 e. The topological polar surface area (TPSA) is 65.5 Å². The Morgan fingerprint density at radius 3 is 2.51 bits per heavy atom. The number of nitrogens with one attached hydrogen (secondary N) is 1. The lowest BCUT2D eigenvalue weighted by Crippen LogP contribution is -2.45. The first kappa shape index (κ1) is 23.8. The molecule has 1 saturated carbocycles. The Bertz CT molecular complexity index is 1030. The lowest BCUT2D eigenvalue weighted by molar-refractivity contribution is -0.122. The second-order valence-corrected chi connectivity index (χ2v) is 10.6. The van der Waals surface area contributed by atoms with E-state index in [4.69, 9.17) is 0 Å². The molecule has 0 radical (unpaired) electrons. The van der Waals surface area contributed by atoms with Crippen molar-refractivity contribution in [1.82, 2.24) is 15.2 Å². The molecule has 2 aromatic rings. The van der Waals surface area contributed by atoms with Crippen LogP contribution in [0.15, 0.2) is 42.7 Å². The van der Waals surface area contributed by atoms with Gasteiger partial charge in [0.2, 0.25) is 5.91 Å². The van der Waals surface area contributed by atoms with E-state index < -0.39 is 0 Å². The Morgan fingerprint density at radius 2 is 1.77 bits per heavy atom. The van der Waals surface area contributed by atoms with Gasteiger partial charge in [0.1, 0.15) is 0 Å². The highest BCUT2D eigenvalue weighted by Gasteiger charge is 2.29. The molecule has 6 nitrogen and oxygen atoms in total. The van der Waals surface area contributed by atoms with Crippen LogP contribution in [0.5, 0.6) is 0 Å². The highest BCUT2D eigenvalue weighted by atomic mass is 16.2. The van der Waals surface area contributed by atoms with Gasteiger partial charge in [-0.15, -0.1) is 0 Å². The van der Waals surface area contributed by atoms with Gasteiger partial charge < -0.3 is 15.1 Å². The first-order valence-electron chi connectivity index (χ1n) is 13.4. The summed E-state index contributed by atoms with van der Waals surface area (Å²) < 4.78 is 0. The number of anilines is 1. The molecule has 2 fully saturated rings. The zero-order valence-electron chi connectivity index (χ0n) is 20.9. The third kappa shape index (κ3) is 5.52. The Balaban J connectivity index is 1.17. The second kappa shape index (κ2) is 10.8. The third-order valence-corrected chi connectivity index (χ3v) is 8.42. The van der Waals surface area contributed by atoms with Crippen LogP contribution < -0.4 is 10.2 Å². The molecule has 186 valence electrons. The number of benzene rings is 1. The number of piperidine rings is 1. The minimum absolute atomic E-state index is 0.0303. The molecule has 1 aromatic carbocycles. The summed E-state index contributed by atoms with van der Waals surface area (Å²) in [6, 6.07) is 10.5. The van der Waals surface area contributed by atoms with Crippen LogP contribution in [-0.2, 0) is 11.2 Å². The molecule has 0 spiro atoms. The maximum absolute atomic E-state index is 13.4. The van der Waals surface area contributed by atoms with E-state index in [1.54, 1.807) is 0 Å². The summed E-state index contributed by atoms with van der Waals surface area (Å²) in [5, 5.41) is 3.26. The number of nitrogens with zero attached hydrogens (tertiary/aromatic N) is 3. The maximum Gasteiger partial charge on any atom is 0.253 e. The van der Waals surface area contributed by atoms with Crippen molar-refractivity contribution in [2.45, 2.75) is 76.3 Å². The highest BCUT2D eigenvalue weighted by molar-refractivity contribution is 5.94. The summed E-state index contributed by atoms with van der Waals surface area (Å²) in [6.07, 6.45) is 14.3. The molecule has 35 heavy (non-hydrogen) atoms. The normalized spacial score (nSPS) is 20.6. The van der Waals surface area contributed by atoms with E-state index in [2.05, 4.69) is 21.3 Å². The van der Waals surface area contributed by atoms with Crippen LogP contribution in [0.2, 0.25) is 0 Å². The molecule has 0 bridgehead atoms. The van der Waals surface area contributed by atoms with E-state index in [9.17, 15) is 9.59 Å². The van der Waals surface area contributed by atoms with Crippen molar-refractivity contribution in [1.29, 1.82) is 0 Å². The molecule has 3 aliphatic rings. The number of rotatable bonds is 7. The van der Waals surface area contributed by atoms with Gasteiger partial charge in [0.15, 0.2) is 0 Å². The maximum atomic E-state index is 13.4. The SMILES string of the molecule is CN(C(=O)c1ccc2c(c1)C(NC(=O)CCC1CCCC1)CC2)C1CCN(c2ccncc2)CC1. The summed E-state index contributed by atoms with van der Waals surface area (Å²) in [7, 11) is 1.94. The quantitative estimate of drug-likeness (QED) is 0.620. The number of aromatic nitrogens is 1. The summed E-state index contributed by atoms with van der Waals surface area (Å²) in [4.78, 5) is 34.4. The summed E-state index contributed by atoms with van der Waals surface area (Å²) in [5.74, 6) is 0.964. The molecule has 2 aliphatic carbocycles. The zero-order valence-corrected chi connectivity index (χ0v) is 20.9. The number of hydrogen-bond acceptors (Lipinski definition) is 4. The molecular formula is C29H38N4O2. The van der Waals surface area contributed by atoms with Crippen molar-refractivity contribution in [3.05, 3.63) is 59.4 Å². The first-order valence-corrected chi connectivity index (χ1v) is 13.4. The van der Waals surface area contributed by atoms with Gasteiger partial charge in [0.25, 0.3) is 5.91 Å². The van der Waals surface area contributed by atoms with Crippen LogP contribution in [0.1, 0.15) is 85.3 Å². The Kier molecular flexibility index (Phi) is 7.35. The predicted octanol–water partition coefficient (Wildman–Crippen LogP) is 4.90. The molecule has 5 rings (SSSR count). The zero-order chi connectivity index (χ0) is 24.2. The number of pyridine rings is 1. The number of hydrogen-bond donors (Lipinski definition) is 1. The molecule has 1 unspecified atom stereocenters. The van der Waals surface area contributed by atoms with E-state index >= 15 is 0 Å². The van der Waals surface area contributed by atoms with Gasteiger partial charge in [0.05, 0.1) is 6.04 Å². The van der Waals surface area contributed by atoms with Gasteiger partial charge in [-0.05, 0) is 73.4 Å². The predicted molar refractivity (Wildman–Crippen MR) is 138 cm³/mol. The fourth-order valence-corrected chi connectivity index (χ4v) is 6.22. The molecule has 1 N–H and O–H groups in total. The van der Waals surface area contributed by atoms with Crippen molar-refractivity contribution < 1.29 is 9.59 Å². The molecule has 2 heterocycles. The molecular weight excluding hydrogens is 436 g/mol. The van der Waals surface area contributed by atoms with Gasteiger partial charge in [-0.1, -0.05) is 31.7 Å². The van der Waals surface area contributed by atoms with Crippen molar-refractivity contribution in [2.24, 2.45) is 5.92 Å². The van der Waals surface area contributed by atoms with E-state index in [1.165, 1.54) is 36.9 Å². The van der Waals surface area contributed by atoms with E-state index in [0.717, 1.165) is 62.2 Å². The van der Waals surface area contributed by atoms with Crippen molar-refractivity contribution in [3.8, 4) is 0 Å². The number of aryl methyl sites for hydroxylation is 1. The first-order chi connectivity index (χ1) is 17.1. The van der Waals surface area contributed by atoms with E-state index in [1.807, 2.05) is 48.6 Å². The van der Waals surface area contributed by atoms with E-state index in [-0.39, 0.29) is 23.9 Å². The Hall–Kier alpha value is -2.89. The molecule has 1 aliphatic heterocycles. The number of carbonyl (C=O) groups is 2. The second-order valence-electron chi connectivity index (χ2n) is 10.6. The van der Waals surface area contributed by atoms with Gasteiger partial charge in [0, 0.05) is 56.2 Å². The van der Waals surface area contributed by atoms with Crippen LogP contribution in [0.25, 0.3) is 0 Å². The van der Waals surface area contributed by atoms with Crippen molar-refractivity contribution in [2.75, 3.05) is 25.0 Å². The molecule has 1 saturated heterocycles. The monoisotopic (exact) mass is 474 g/mol. The lowest BCUT2D eigenvalue weighted by Gasteiger charge is -2.38. The van der Waals surface area contributed by atoms with Crippen LogP contribution in [0.4, 0.5) is 5.69 Å². The van der Waals surface area contributed by atoms with Gasteiger partial charge in [-0.2, -0.15) is 0 Å². The van der Waals surface area contributed by atoms with Gasteiger partial charge in [-0.3, -0.25) is 14.6 Å². The number of fused-ring (bicyclic) bond motifs is 1. The average molecular weight is 475 g/mol. The highest BCUT2D eigenvalue weighted by Crippen LogP contribution is 2.33. The Labute approximate surface area is 209 Å². The average Bonchev–Trinajstić information content (AvgIpc) is 3.57. The fourth-order valence-electron chi connectivity index (χ4n) is 6.22. The molecule has 1 atom stereocenters. The summed E-state index contributed by atoms with van der Waals surface area (Å²) >= 11 is 0. The van der Waals surface area contributed by atoms with Crippen LogP contribution in [-0.4, -0.2) is 47.9 Å². The van der Waals surface area contributed by atoms with Gasteiger partial charge in [-0.25, -0.2) is 0 Å². The molecule has 2 amide bonds. The minimum atomic E-state index is 0.0303. The van der Waals surface area contributed by atoms with Crippen LogP contribution in [0.3, 0.4) is 0 Å². The standard InChI is InChI=1S/C29H38N4O2/c1-32(24-14-18-33(19-15-24)25-12-16-30-17-13-25)29(35)23-8-7-22-9-10-27(26(22)20-23)31-28(34)11-6-21-4-2-3-5-21/h7-8,12-13,16-17,20-21,24,27H,2-6,9-11,14-15,18-19H2,1H3,(H,31,34).